The van der Waals surface area contributed by atoms with Crippen molar-refractivity contribution >= 4 is 11.9 Å². The molecule has 29 heavy (non-hydrogen) atoms. The van der Waals surface area contributed by atoms with E-state index in [4.69, 9.17) is 9.47 Å². The molecule has 0 aliphatic rings. The maximum atomic E-state index is 12.8. The molecule has 0 spiro atoms. The standard InChI is InChI=1S/C25H32O4/c1-3-5-6-7-8-14-19-28-24(26)21-17-12-13-18-22(21)25(27)29-23(4-2)20-15-10-9-11-16-20/h9-13,15-18,23H,3-8,14,19H2,1-2H3. The summed E-state index contributed by atoms with van der Waals surface area (Å²) in [4.78, 5) is 25.3. The molecule has 0 saturated carbocycles. The zero-order valence-corrected chi connectivity index (χ0v) is 17.6. The van der Waals surface area contributed by atoms with Gasteiger partial charge in [-0.2, -0.15) is 0 Å². The Kier molecular flexibility index (Phi) is 9.98. The van der Waals surface area contributed by atoms with E-state index in [9.17, 15) is 9.59 Å². The lowest BCUT2D eigenvalue weighted by atomic mass is 10.1. The van der Waals surface area contributed by atoms with Crippen molar-refractivity contribution < 1.29 is 19.1 Å². The lowest BCUT2D eigenvalue weighted by Gasteiger charge is -2.17. The third-order valence-electron chi connectivity index (χ3n) is 4.89. The molecule has 0 aliphatic carbocycles. The number of ether oxygens (including phenoxy) is 2. The van der Waals surface area contributed by atoms with E-state index in [-0.39, 0.29) is 17.2 Å². The molecule has 2 aromatic carbocycles. The van der Waals surface area contributed by atoms with E-state index in [0.717, 1.165) is 24.8 Å². The number of carbonyl (C=O) groups excluding carboxylic acids is 2. The Morgan fingerprint density at radius 2 is 1.34 bits per heavy atom. The van der Waals surface area contributed by atoms with Crippen molar-refractivity contribution in [3.05, 3.63) is 71.3 Å². The molecule has 4 heteroatoms. The van der Waals surface area contributed by atoms with Gasteiger partial charge in [0.25, 0.3) is 0 Å². The summed E-state index contributed by atoms with van der Waals surface area (Å²) < 4.78 is 11.1. The molecule has 2 aromatic rings. The van der Waals surface area contributed by atoms with Crippen molar-refractivity contribution in [2.75, 3.05) is 6.61 Å². The average molecular weight is 397 g/mol. The normalized spacial score (nSPS) is 11.7. The fourth-order valence-electron chi connectivity index (χ4n) is 3.21. The Labute approximate surface area is 174 Å². The minimum Gasteiger partial charge on any atom is -0.462 e. The summed E-state index contributed by atoms with van der Waals surface area (Å²) in [6.07, 6.45) is 7.03. The summed E-state index contributed by atoms with van der Waals surface area (Å²) >= 11 is 0. The summed E-state index contributed by atoms with van der Waals surface area (Å²) in [6.45, 7) is 4.52. The fraction of sp³-hybridized carbons (Fsp3) is 0.440. The van der Waals surface area contributed by atoms with Gasteiger partial charge in [0.05, 0.1) is 17.7 Å². The van der Waals surface area contributed by atoms with E-state index in [0.29, 0.717) is 13.0 Å². The maximum Gasteiger partial charge on any atom is 0.339 e. The van der Waals surface area contributed by atoms with Crippen molar-refractivity contribution in [1.82, 2.24) is 0 Å². The van der Waals surface area contributed by atoms with Gasteiger partial charge in [-0.15, -0.1) is 0 Å². The molecular formula is C25H32O4. The molecule has 0 heterocycles. The van der Waals surface area contributed by atoms with E-state index < -0.39 is 11.9 Å². The first kappa shape index (κ1) is 22.7. The van der Waals surface area contributed by atoms with Gasteiger partial charge in [0.2, 0.25) is 0 Å². The minimum absolute atomic E-state index is 0.245. The maximum absolute atomic E-state index is 12.8. The van der Waals surface area contributed by atoms with E-state index in [1.54, 1.807) is 24.3 Å². The number of rotatable bonds is 12. The molecular weight excluding hydrogens is 364 g/mol. The number of carbonyl (C=O) groups is 2. The SMILES string of the molecule is CCCCCCCCOC(=O)c1ccccc1C(=O)OC(CC)c1ccccc1. The van der Waals surface area contributed by atoms with Crippen LogP contribution in [-0.2, 0) is 9.47 Å². The first-order chi connectivity index (χ1) is 14.2. The van der Waals surface area contributed by atoms with Crippen LogP contribution in [0.25, 0.3) is 0 Å². The summed E-state index contributed by atoms with van der Waals surface area (Å²) in [6, 6.07) is 16.3. The number of unbranched alkanes of at least 4 members (excludes halogenated alkanes) is 5. The van der Waals surface area contributed by atoms with Gasteiger partial charge < -0.3 is 9.47 Å². The minimum atomic E-state index is -0.507. The molecule has 2 rings (SSSR count). The lowest BCUT2D eigenvalue weighted by molar-refractivity contribution is 0.0277. The van der Waals surface area contributed by atoms with Crippen LogP contribution in [0.3, 0.4) is 0 Å². The molecule has 0 bridgehead atoms. The predicted octanol–water partition coefficient (Wildman–Crippen LogP) is 6.51. The van der Waals surface area contributed by atoms with Gasteiger partial charge in [-0.3, -0.25) is 0 Å². The third-order valence-corrected chi connectivity index (χ3v) is 4.89. The topological polar surface area (TPSA) is 52.6 Å². The van der Waals surface area contributed by atoms with Gasteiger partial charge in [0.15, 0.2) is 0 Å². The second kappa shape index (κ2) is 12.8. The largest absolute Gasteiger partial charge is 0.462 e. The molecule has 0 aliphatic heterocycles. The van der Waals surface area contributed by atoms with Gasteiger partial charge in [-0.25, -0.2) is 9.59 Å². The highest BCUT2D eigenvalue weighted by Gasteiger charge is 2.22. The smallest absolute Gasteiger partial charge is 0.339 e. The summed E-state index contributed by atoms with van der Waals surface area (Å²) in [5.74, 6) is -0.980. The van der Waals surface area contributed by atoms with Crippen LogP contribution in [0.1, 0.15) is 91.2 Å². The molecule has 156 valence electrons. The van der Waals surface area contributed by atoms with Crippen molar-refractivity contribution in [3.8, 4) is 0 Å². The Morgan fingerprint density at radius 1 is 0.759 bits per heavy atom. The molecule has 1 unspecified atom stereocenters. The Bertz CT molecular complexity index is 754. The Hall–Kier alpha value is -2.62. The zero-order valence-electron chi connectivity index (χ0n) is 17.6. The average Bonchev–Trinajstić information content (AvgIpc) is 2.77. The van der Waals surface area contributed by atoms with Crippen molar-refractivity contribution in [2.24, 2.45) is 0 Å². The first-order valence-electron chi connectivity index (χ1n) is 10.7. The van der Waals surface area contributed by atoms with Crippen molar-refractivity contribution in [1.29, 1.82) is 0 Å². The molecule has 0 radical (unpaired) electrons. The number of benzene rings is 2. The first-order valence-corrected chi connectivity index (χ1v) is 10.7. The van der Waals surface area contributed by atoms with Crippen LogP contribution in [0.2, 0.25) is 0 Å². The number of hydrogen-bond acceptors (Lipinski definition) is 4. The van der Waals surface area contributed by atoms with Crippen LogP contribution in [-0.4, -0.2) is 18.5 Å². The van der Waals surface area contributed by atoms with Crippen molar-refractivity contribution in [3.63, 3.8) is 0 Å². The van der Waals surface area contributed by atoms with Gasteiger partial charge >= 0.3 is 11.9 Å². The molecule has 0 amide bonds. The van der Waals surface area contributed by atoms with Gasteiger partial charge in [0.1, 0.15) is 6.10 Å². The number of esters is 2. The van der Waals surface area contributed by atoms with Crippen LogP contribution in [0.15, 0.2) is 54.6 Å². The van der Waals surface area contributed by atoms with Gasteiger partial charge in [-0.1, -0.05) is 88.4 Å². The van der Waals surface area contributed by atoms with Crippen LogP contribution in [0.4, 0.5) is 0 Å². The van der Waals surface area contributed by atoms with Crippen molar-refractivity contribution in [2.45, 2.75) is 64.9 Å². The van der Waals surface area contributed by atoms with E-state index in [1.807, 2.05) is 37.3 Å². The molecule has 1 atom stereocenters. The molecule has 0 aromatic heterocycles. The summed E-state index contributed by atoms with van der Waals surface area (Å²) in [5, 5.41) is 0. The third kappa shape index (κ3) is 7.37. The molecule has 0 saturated heterocycles. The number of hydrogen-bond donors (Lipinski definition) is 0. The van der Waals surface area contributed by atoms with Crippen LogP contribution in [0, 0.1) is 0 Å². The summed E-state index contributed by atoms with van der Waals surface area (Å²) in [7, 11) is 0. The van der Waals surface area contributed by atoms with Gasteiger partial charge in [-0.05, 0) is 30.5 Å². The van der Waals surface area contributed by atoms with E-state index >= 15 is 0 Å². The second-order valence-electron chi connectivity index (χ2n) is 7.16. The van der Waals surface area contributed by atoms with Crippen LogP contribution in [0.5, 0.6) is 0 Å². The zero-order chi connectivity index (χ0) is 20.9. The molecule has 0 fully saturated rings. The highest BCUT2D eigenvalue weighted by Crippen LogP contribution is 2.23. The lowest BCUT2D eigenvalue weighted by Crippen LogP contribution is -2.16. The highest BCUT2D eigenvalue weighted by atomic mass is 16.5. The van der Waals surface area contributed by atoms with Crippen LogP contribution < -0.4 is 0 Å². The Balaban J connectivity index is 1.94. The second-order valence-corrected chi connectivity index (χ2v) is 7.16. The van der Waals surface area contributed by atoms with Gasteiger partial charge in [0, 0.05) is 0 Å². The highest BCUT2D eigenvalue weighted by molar-refractivity contribution is 6.03. The van der Waals surface area contributed by atoms with Crippen LogP contribution >= 0.6 is 0 Å². The fourth-order valence-corrected chi connectivity index (χ4v) is 3.21. The predicted molar refractivity (Wildman–Crippen MR) is 115 cm³/mol. The molecule has 4 nitrogen and oxygen atoms in total. The van der Waals surface area contributed by atoms with E-state index in [2.05, 4.69) is 6.92 Å². The monoisotopic (exact) mass is 396 g/mol. The van der Waals surface area contributed by atoms with E-state index in [1.165, 1.54) is 19.3 Å². The quantitative estimate of drug-likeness (QED) is 0.303. The molecule has 0 N–H and O–H groups in total. The summed E-state index contributed by atoms with van der Waals surface area (Å²) in [5.41, 5.74) is 1.44. The Morgan fingerprint density at radius 3 is 2.00 bits per heavy atom.